The summed E-state index contributed by atoms with van der Waals surface area (Å²) in [5.74, 6) is -1.69. The highest BCUT2D eigenvalue weighted by Crippen LogP contribution is 2.36. The van der Waals surface area contributed by atoms with Crippen molar-refractivity contribution in [3.05, 3.63) is 47.2 Å². The molecule has 1 aromatic rings. The van der Waals surface area contributed by atoms with Crippen molar-refractivity contribution in [1.82, 2.24) is 4.90 Å². The maximum atomic E-state index is 11.7. The molecule has 1 heterocycles. The predicted molar refractivity (Wildman–Crippen MR) is 63.5 cm³/mol. The fraction of sp³-hybridized carbons (Fsp3) is 0.231. The molecule has 1 amide bonds. The first kappa shape index (κ1) is 12.3. The van der Waals surface area contributed by atoms with Crippen molar-refractivity contribution in [2.24, 2.45) is 0 Å². The van der Waals surface area contributed by atoms with Crippen molar-refractivity contribution < 1.29 is 19.8 Å². The number of nitrogens with zero attached hydrogens (tertiary/aromatic N) is 1. The third-order valence-electron chi connectivity index (χ3n) is 2.95. The zero-order valence-corrected chi connectivity index (χ0v) is 9.83. The number of carbonyl (C=O) groups excluding carboxylic acids is 2. The number of carbonyl (C=O) groups is 2. The van der Waals surface area contributed by atoms with E-state index in [1.54, 1.807) is 30.3 Å². The van der Waals surface area contributed by atoms with Crippen molar-refractivity contribution in [2.75, 3.05) is 6.73 Å². The second-order valence-electron chi connectivity index (χ2n) is 4.05. The van der Waals surface area contributed by atoms with Crippen LogP contribution in [0.4, 0.5) is 0 Å². The molecule has 2 rings (SSSR count). The van der Waals surface area contributed by atoms with Crippen molar-refractivity contribution >= 4 is 11.7 Å². The number of aliphatic hydroxyl groups excluding tert-OH is 2. The molecule has 5 heteroatoms. The number of aliphatic hydroxyl groups is 2. The Labute approximate surface area is 104 Å². The van der Waals surface area contributed by atoms with Gasteiger partial charge in [0.15, 0.2) is 11.5 Å². The number of benzene rings is 1. The summed E-state index contributed by atoms with van der Waals surface area (Å²) in [6.45, 7) is 0.731. The Hall–Kier alpha value is -2.14. The summed E-state index contributed by atoms with van der Waals surface area (Å²) in [6.07, 6.45) is 0. The Bertz CT molecular complexity index is 521. The molecular formula is C13H13NO4. The standard InChI is InChI=1S/C13H13NO4/c1-8(16)10-11(9-5-3-2-4-6-9)14(7-15)13(18)12(10)17/h2-6,11,15,17H,7H2,1H3. The van der Waals surface area contributed by atoms with E-state index >= 15 is 0 Å². The molecule has 0 saturated heterocycles. The minimum Gasteiger partial charge on any atom is -0.503 e. The van der Waals surface area contributed by atoms with Crippen LogP contribution in [0.3, 0.4) is 0 Å². The Morgan fingerprint density at radius 1 is 1.33 bits per heavy atom. The Balaban J connectivity index is 2.55. The van der Waals surface area contributed by atoms with E-state index in [2.05, 4.69) is 0 Å². The van der Waals surface area contributed by atoms with Crippen molar-refractivity contribution in [2.45, 2.75) is 13.0 Å². The molecule has 1 atom stereocenters. The third-order valence-corrected chi connectivity index (χ3v) is 2.95. The predicted octanol–water partition coefficient (Wildman–Crippen LogP) is 0.921. The van der Waals surface area contributed by atoms with Crippen LogP contribution in [-0.2, 0) is 9.59 Å². The van der Waals surface area contributed by atoms with Crippen LogP contribution in [0, 0.1) is 0 Å². The molecule has 0 fully saturated rings. The molecule has 0 aliphatic carbocycles. The fourth-order valence-electron chi connectivity index (χ4n) is 2.14. The molecule has 0 aromatic heterocycles. The van der Waals surface area contributed by atoms with E-state index in [1.165, 1.54) is 6.92 Å². The summed E-state index contributed by atoms with van der Waals surface area (Å²) in [5.41, 5.74) is 0.703. The van der Waals surface area contributed by atoms with Gasteiger partial charge in [0, 0.05) is 0 Å². The maximum absolute atomic E-state index is 11.7. The van der Waals surface area contributed by atoms with Crippen LogP contribution in [0.5, 0.6) is 0 Å². The van der Waals surface area contributed by atoms with Gasteiger partial charge >= 0.3 is 0 Å². The van der Waals surface area contributed by atoms with Gasteiger partial charge in [-0.25, -0.2) is 0 Å². The zero-order chi connectivity index (χ0) is 13.3. The van der Waals surface area contributed by atoms with E-state index in [1.807, 2.05) is 0 Å². The lowest BCUT2D eigenvalue weighted by Crippen LogP contribution is -2.31. The second kappa shape index (κ2) is 4.62. The van der Waals surface area contributed by atoms with Gasteiger partial charge in [0.25, 0.3) is 5.91 Å². The lowest BCUT2D eigenvalue weighted by Gasteiger charge is -2.24. The van der Waals surface area contributed by atoms with Gasteiger partial charge in [0.2, 0.25) is 0 Å². The van der Waals surface area contributed by atoms with E-state index in [-0.39, 0.29) is 11.4 Å². The number of ketones is 1. The normalized spacial score (nSPS) is 19.6. The van der Waals surface area contributed by atoms with Crippen molar-refractivity contribution in [3.63, 3.8) is 0 Å². The quantitative estimate of drug-likeness (QED) is 0.832. The molecule has 1 aromatic carbocycles. The molecule has 1 aliphatic heterocycles. The monoisotopic (exact) mass is 247 g/mol. The third kappa shape index (κ3) is 1.78. The summed E-state index contributed by atoms with van der Waals surface area (Å²) in [4.78, 5) is 24.4. The van der Waals surface area contributed by atoms with E-state index in [9.17, 15) is 19.8 Å². The molecule has 0 bridgehead atoms. The fourth-order valence-corrected chi connectivity index (χ4v) is 2.14. The van der Waals surface area contributed by atoms with Crippen LogP contribution >= 0.6 is 0 Å². The Morgan fingerprint density at radius 3 is 2.44 bits per heavy atom. The smallest absolute Gasteiger partial charge is 0.291 e. The van der Waals surface area contributed by atoms with E-state index in [0.29, 0.717) is 5.56 Å². The molecule has 5 nitrogen and oxygen atoms in total. The number of Topliss-reactive ketones (excluding diaryl/α,β-unsaturated/α-hetero) is 1. The molecule has 2 N–H and O–H groups in total. The van der Waals surface area contributed by atoms with Crippen LogP contribution in [0.2, 0.25) is 0 Å². The number of hydrogen-bond acceptors (Lipinski definition) is 4. The van der Waals surface area contributed by atoms with Gasteiger partial charge in [-0.3, -0.25) is 9.59 Å². The summed E-state index contributed by atoms with van der Waals surface area (Å²) in [7, 11) is 0. The molecule has 0 spiro atoms. The summed E-state index contributed by atoms with van der Waals surface area (Å²) in [5, 5.41) is 19.0. The number of rotatable bonds is 3. The highest BCUT2D eigenvalue weighted by molar-refractivity contribution is 6.08. The molecule has 1 aliphatic rings. The number of hydrogen-bond donors (Lipinski definition) is 2. The SMILES string of the molecule is CC(=O)C1=C(O)C(=O)N(CO)C1c1ccccc1. The Morgan fingerprint density at radius 2 is 1.94 bits per heavy atom. The van der Waals surface area contributed by atoms with Gasteiger partial charge in [-0.15, -0.1) is 0 Å². The van der Waals surface area contributed by atoms with Crippen LogP contribution in [-0.4, -0.2) is 33.5 Å². The van der Waals surface area contributed by atoms with Gasteiger partial charge in [0.05, 0.1) is 11.6 Å². The van der Waals surface area contributed by atoms with E-state index in [0.717, 1.165) is 4.90 Å². The highest BCUT2D eigenvalue weighted by Gasteiger charge is 2.41. The van der Waals surface area contributed by atoms with Crippen molar-refractivity contribution in [3.8, 4) is 0 Å². The largest absolute Gasteiger partial charge is 0.503 e. The average molecular weight is 247 g/mol. The van der Waals surface area contributed by atoms with E-state index < -0.39 is 24.4 Å². The van der Waals surface area contributed by atoms with Crippen LogP contribution < -0.4 is 0 Å². The van der Waals surface area contributed by atoms with Gasteiger partial charge in [-0.05, 0) is 12.5 Å². The summed E-state index contributed by atoms with van der Waals surface area (Å²) < 4.78 is 0. The Kier molecular flexibility index (Phi) is 3.16. The molecule has 18 heavy (non-hydrogen) atoms. The maximum Gasteiger partial charge on any atom is 0.291 e. The zero-order valence-electron chi connectivity index (χ0n) is 9.83. The minimum absolute atomic E-state index is 0.0280. The van der Waals surface area contributed by atoms with Crippen molar-refractivity contribution in [1.29, 1.82) is 0 Å². The minimum atomic E-state index is -0.725. The lowest BCUT2D eigenvalue weighted by atomic mass is 9.97. The summed E-state index contributed by atoms with van der Waals surface area (Å²) in [6, 6.07) is 8.09. The highest BCUT2D eigenvalue weighted by atomic mass is 16.3. The summed E-state index contributed by atoms with van der Waals surface area (Å²) >= 11 is 0. The molecule has 94 valence electrons. The van der Waals surface area contributed by atoms with Crippen LogP contribution in [0.15, 0.2) is 41.7 Å². The topological polar surface area (TPSA) is 77.8 Å². The first-order chi connectivity index (χ1) is 8.57. The second-order valence-corrected chi connectivity index (χ2v) is 4.05. The molecule has 0 radical (unpaired) electrons. The van der Waals surface area contributed by atoms with Gasteiger partial charge in [-0.2, -0.15) is 0 Å². The molecule has 0 saturated carbocycles. The average Bonchev–Trinajstić information content (AvgIpc) is 2.63. The molecule has 1 unspecified atom stereocenters. The van der Waals surface area contributed by atoms with E-state index in [4.69, 9.17) is 0 Å². The van der Waals surface area contributed by atoms with Gasteiger partial charge in [-0.1, -0.05) is 30.3 Å². The van der Waals surface area contributed by atoms with Crippen LogP contribution in [0.25, 0.3) is 0 Å². The first-order valence-corrected chi connectivity index (χ1v) is 5.48. The number of amides is 1. The molecular weight excluding hydrogens is 234 g/mol. The van der Waals surface area contributed by atoms with Gasteiger partial charge < -0.3 is 15.1 Å². The lowest BCUT2D eigenvalue weighted by molar-refractivity contribution is -0.133. The first-order valence-electron chi connectivity index (χ1n) is 5.48. The van der Waals surface area contributed by atoms with Crippen LogP contribution in [0.1, 0.15) is 18.5 Å². The van der Waals surface area contributed by atoms with Gasteiger partial charge in [0.1, 0.15) is 6.73 Å².